The van der Waals surface area contributed by atoms with Gasteiger partial charge >= 0.3 is 0 Å². The highest BCUT2D eigenvalue weighted by Gasteiger charge is 2.27. The Labute approximate surface area is 185 Å². The Balaban J connectivity index is 1.56. The van der Waals surface area contributed by atoms with E-state index in [2.05, 4.69) is 6.58 Å². The molecule has 1 aliphatic rings. The van der Waals surface area contributed by atoms with Crippen molar-refractivity contribution in [1.82, 2.24) is 0 Å². The molecule has 32 heavy (non-hydrogen) atoms. The summed E-state index contributed by atoms with van der Waals surface area (Å²) in [6.07, 6.45) is 3.72. The summed E-state index contributed by atoms with van der Waals surface area (Å²) in [6.45, 7) is 5.35. The zero-order chi connectivity index (χ0) is 23.3. The summed E-state index contributed by atoms with van der Waals surface area (Å²) in [7, 11) is 0. The fourth-order valence-corrected chi connectivity index (χ4v) is 4.05. The third-order valence-electron chi connectivity index (χ3n) is 5.94. The molecule has 0 aliphatic heterocycles. The molecular weight excluding hydrogens is 424 g/mol. The number of aliphatic hydroxyl groups excluding tert-OH is 1. The fraction of sp³-hybridized carbons (Fsp3) is 0.440. The lowest BCUT2D eigenvalue weighted by molar-refractivity contribution is 0.184. The van der Waals surface area contributed by atoms with Crippen molar-refractivity contribution in [2.24, 2.45) is 5.92 Å². The number of hydrogen-bond acceptors (Lipinski definition) is 3. The van der Waals surface area contributed by atoms with Crippen LogP contribution in [0.15, 0.2) is 36.9 Å². The predicted octanol–water partition coefficient (Wildman–Crippen LogP) is 6.60. The minimum absolute atomic E-state index is 0.0968. The van der Waals surface area contributed by atoms with E-state index in [9.17, 15) is 22.7 Å². The molecule has 1 fully saturated rings. The average Bonchev–Trinajstić information content (AvgIpc) is 2.78. The van der Waals surface area contributed by atoms with Gasteiger partial charge in [-0.15, -0.1) is 6.58 Å². The number of rotatable bonds is 9. The SMILES string of the molecule is C=CCCOc1ccc(C2CCC(COc3ccc(C(C)O)c(F)c3F)CC2)c(F)c1F. The Hall–Kier alpha value is -2.54. The molecule has 174 valence electrons. The van der Waals surface area contributed by atoms with E-state index in [-0.39, 0.29) is 42.1 Å². The van der Waals surface area contributed by atoms with Gasteiger partial charge in [-0.25, -0.2) is 8.78 Å². The fourth-order valence-electron chi connectivity index (χ4n) is 4.05. The monoisotopic (exact) mass is 452 g/mol. The first-order valence-electron chi connectivity index (χ1n) is 10.8. The second-order valence-corrected chi connectivity index (χ2v) is 8.19. The van der Waals surface area contributed by atoms with E-state index >= 15 is 0 Å². The Morgan fingerprint density at radius 2 is 1.56 bits per heavy atom. The van der Waals surface area contributed by atoms with Crippen LogP contribution in [0.2, 0.25) is 0 Å². The molecule has 1 saturated carbocycles. The molecule has 1 unspecified atom stereocenters. The topological polar surface area (TPSA) is 38.7 Å². The lowest BCUT2D eigenvalue weighted by Crippen LogP contribution is -2.20. The van der Waals surface area contributed by atoms with Crippen LogP contribution in [0.5, 0.6) is 11.5 Å². The van der Waals surface area contributed by atoms with Gasteiger partial charge < -0.3 is 14.6 Å². The molecule has 1 N–H and O–H groups in total. The minimum Gasteiger partial charge on any atom is -0.490 e. The van der Waals surface area contributed by atoms with Crippen LogP contribution in [-0.4, -0.2) is 18.3 Å². The third kappa shape index (κ3) is 5.44. The highest BCUT2D eigenvalue weighted by atomic mass is 19.2. The maximum Gasteiger partial charge on any atom is 0.200 e. The summed E-state index contributed by atoms with van der Waals surface area (Å²) in [4.78, 5) is 0. The molecule has 1 atom stereocenters. The molecule has 0 spiro atoms. The van der Waals surface area contributed by atoms with E-state index in [1.807, 2.05) is 0 Å². The smallest absolute Gasteiger partial charge is 0.200 e. The van der Waals surface area contributed by atoms with Crippen molar-refractivity contribution in [3.8, 4) is 11.5 Å². The van der Waals surface area contributed by atoms with Crippen molar-refractivity contribution < 1.29 is 32.1 Å². The van der Waals surface area contributed by atoms with E-state index in [0.29, 0.717) is 37.7 Å². The Bertz CT molecular complexity index is 937. The molecule has 0 saturated heterocycles. The van der Waals surface area contributed by atoms with E-state index in [4.69, 9.17) is 9.47 Å². The first-order chi connectivity index (χ1) is 15.3. The van der Waals surface area contributed by atoms with Crippen molar-refractivity contribution in [2.75, 3.05) is 13.2 Å². The van der Waals surface area contributed by atoms with Gasteiger partial charge in [0.15, 0.2) is 23.1 Å². The van der Waals surface area contributed by atoms with Crippen molar-refractivity contribution in [1.29, 1.82) is 0 Å². The number of halogens is 4. The zero-order valence-electron chi connectivity index (χ0n) is 18.1. The second kappa shape index (κ2) is 10.9. The maximum absolute atomic E-state index is 14.6. The Kier molecular flexibility index (Phi) is 8.18. The Morgan fingerprint density at radius 1 is 0.938 bits per heavy atom. The molecular formula is C25H28F4O3. The van der Waals surface area contributed by atoms with Gasteiger partial charge in [-0.2, -0.15) is 8.78 Å². The molecule has 2 aromatic rings. The molecule has 1 aliphatic carbocycles. The van der Waals surface area contributed by atoms with Crippen LogP contribution in [0.3, 0.4) is 0 Å². The first kappa shape index (κ1) is 24.1. The van der Waals surface area contributed by atoms with Crippen molar-refractivity contribution in [3.63, 3.8) is 0 Å². The molecule has 0 heterocycles. The zero-order valence-corrected chi connectivity index (χ0v) is 18.1. The van der Waals surface area contributed by atoms with Crippen molar-refractivity contribution in [2.45, 2.75) is 51.0 Å². The normalized spacial score (nSPS) is 19.4. The molecule has 0 bridgehead atoms. The molecule has 0 radical (unpaired) electrons. The highest BCUT2D eigenvalue weighted by Crippen LogP contribution is 2.39. The quantitative estimate of drug-likeness (QED) is 0.265. The minimum atomic E-state index is -1.12. The van der Waals surface area contributed by atoms with Crippen LogP contribution >= 0.6 is 0 Å². The van der Waals surface area contributed by atoms with E-state index < -0.39 is 29.4 Å². The van der Waals surface area contributed by atoms with E-state index in [1.165, 1.54) is 25.1 Å². The molecule has 0 amide bonds. The lowest BCUT2D eigenvalue weighted by Gasteiger charge is -2.29. The lowest BCUT2D eigenvalue weighted by atomic mass is 9.79. The van der Waals surface area contributed by atoms with E-state index in [1.54, 1.807) is 12.1 Å². The van der Waals surface area contributed by atoms with Gasteiger partial charge in [0.2, 0.25) is 11.6 Å². The standard InChI is InChI=1S/C25H28F4O3/c1-3-4-13-31-20-12-10-19(23(27)24(20)28)17-7-5-16(6-8-17)14-32-21-11-9-18(15(2)30)22(26)25(21)29/h3,9-12,15-17,30H,1,4-8,13-14H2,2H3. The van der Waals surface area contributed by atoms with E-state index in [0.717, 1.165) is 0 Å². The largest absolute Gasteiger partial charge is 0.490 e. The van der Waals surface area contributed by atoms with Crippen LogP contribution in [0.1, 0.15) is 62.2 Å². The van der Waals surface area contributed by atoms with Gasteiger partial charge in [0, 0.05) is 5.56 Å². The molecule has 3 rings (SSSR count). The molecule has 7 heteroatoms. The van der Waals surface area contributed by atoms with Gasteiger partial charge in [-0.3, -0.25) is 0 Å². The number of hydrogen-bond donors (Lipinski definition) is 1. The van der Waals surface area contributed by atoms with Gasteiger partial charge in [-0.1, -0.05) is 12.1 Å². The molecule has 0 aromatic heterocycles. The second-order valence-electron chi connectivity index (χ2n) is 8.19. The summed E-state index contributed by atoms with van der Waals surface area (Å²) in [5, 5.41) is 9.46. The number of benzene rings is 2. The van der Waals surface area contributed by atoms with Crippen LogP contribution in [0, 0.1) is 29.2 Å². The van der Waals surface area contributed by atoms with Crippen LogP contribution in [0.25, 0.3) is 0 Å². The summed E-state index contributed by atoms with van der Waals surface area (Å²) >= 11 is 0. The van der Waals surface area contributed by atoms with Crippen LogP contribution in [-0.2, 0) is 0 Å². The van der Waals surface area contributed by atoms with Crippen LogP contribution < -0.4 is 9.47 Å². The van der Waals surface area contributed by atoms with Gasteiger partial charge in [-0.05, 0) is 74.6 Å². The molecule has 2 aromatic carbocycles. The van der Waals surface area contributed by atoms with Crippen LogP contribution in [0.4, 0.5) is 17.6 Å². The summed E-state index contributed by atoms with van der Waals surface area (Å²) in [5.41, 5.74) is 0.210. The van der Waals surface area contributed by atoms with Gasteiger partial charge in [0.05, 0.1) is 19.3 Å². The van der Waals surface area contributed by atoms with Gasteiger partial charge in [0.1, 0.15) is 0 Å². The summed E-state index contributed by atoms with van der Waals surface area (Å²) < 4.78 is 67.9. The van der Waals surface area contributed by atoms with Gasteiger partial charge in [0.25, 0.3) is 0 Å². The Morgan fingerprint density at radius 3 is 2.22 bits per heavy atom. The first-order valence-corrected chi connectivity index (χ1v) is 10.8. The average molecular weight is 452 g/mol. The van der Waals surface area contributed by atoms with Crippen molar-refractivity contribution in [3.05, 3.63) is 71.3 Å². The molecule has 3 nitrogen and oxygen atoms in total. The highest BCUT2D eigenvalue weighted by molar-refractivity contribution is 5.34. The maximum atomic E-state index is 14.6. The predicted molar refractivity (Wildman–Crippen MR) is 114 cm³/mol. The third-order valence-corrected chi connectivity index (χ3v) is 5.94. The summed E-state index contributed by atoms with van der Waals surface area (Å²) in [5.74, 6) is -4.42. The number of ether oxygens (including phenoxy) is 2. The van der Waals surface area contributed by atoms with Crippen molar-refractivity contribution >= 4 is 0 Å². The number of aliphatic hydroxyl groups is 1. The summed E-state index contributed by atoms with van der Waals surface area (Å²) in [6, 6.07) is 5.64.